The number of fused-ring (bicyclic) bond motifs is 1. The molecule has 164 valence electrons. The third-order valence-corrected chi connectivity index (χ3v) is 8.36. The maximum Gasteiger partial charge on any atom is 0.113 e. The van der Waals surface area contributed by atoms with Crippen molar-refractivity contribution in [3.8, 4) is 0 Å². The first kappa shape index (κ1) is 20.8. The molecule has 5 fully saturated rings. The van der Waals surface area contributed by atoms with Gasteiger partial charge in [0.15, 0.2) is 0 Å². The second-order valence-electron chi connectivity index (χ2n) is 10.6. The van der Waals surface area contributed by atoms with E-state index in [-0.39, 0.29) is 18.0 Å². The molecule has 1 heterocycles. The summed E-state index contributed by atoms with van der Waals surface area (Å²) in [7, 11) is 0. The molecule has 0 amide bonds. The summed E-state index contributed by atoms with van der Waals surface area (Å²) in [5, 5.41) is 11.0. The lowest BCUT2D eigenvalue weighted by atomic mass is 9.54. The van der Waals surface area contributed by atoms with Gasteiger partial charge in [-0.2, -0.15) is 0 Å². The molecule has 5 aliphatic rings. The van der Waals surface area contributed by atoms with E-state index >= 15 is 0 Å². The molecule has 1 atom stereocenters. The number of para-hydroxylation sites is 2. The predicted octanol–water partition coefficient (Wildman–Crippen LogP) is 5.46. The lowest BCUT2D eigenvalue weighted by Crippen LogP contribution is -2.52. The molecule has 1 aromatic carbocycles. The highest BCUT2D eigenvalue weighted by Crippen LogP contribution is 2.57. The monoisotopic (exact) mass is 430 g/mol. The second kappa shape index (κ2) is 8.11. The van der Waals surface area contributed by atoms with Crippen LogP contribution in [0.5, 0.6) is 0 Å². The van der Waals surface area contributed by atoms with E-state index in [1.807, 2.05) is 0 Å². The first-order valence-corrected chi connectivity index (χ1v) is 11.9. The van der Waals surface area contributed by atoms with E-state index in [4.69, 9.17) is 9.72 Å². The third kappa shape index (κ3) is 3.69. The van der Waals surface area contributed by atoms with Crippen LogP contribution in [0.2, 0.25) is 0 Å². The lowest BCUT2D eigenvalue weighted by Gasteiger charge is -2.56. The van der Waals surface area contributed by atoms with Gasteiger partial charge in [0.25, 0.3) is 0 Å². The van der Waals surface area contributed by atoms with Gasteiger partial charge in [-0.05, 0) is 81.3 Å². The molecule has 7 rings (SSSR count). The van der Waals surface area contributed by atoms with E-state index < -0.39 is 6.10 Å². The van der Waals surface area contributed by atoms with Crippen molar-refractivity contribution < 1.29 is 9.84 Å². The van der Waals surface area contributed by atoms with E-state index in [0.29, 0.717) is 19.1 Å². The Morgan fingerprint density at radius 3 is 2.33 bits per heavy atom. The maximum absolute atomic E-state index is 11.0. The normalized spacial score (nSPS) is 33.8. The van der Waals surface area contributed by atoms with E-state index in [9.17, 15) is 5.11 Å². The number of hydrogen-bond donors (Lipinski definition) is 1. The van der Waals surface area contributed by atoms with Crippen LogP contribution < -0.4 is 0 Å². The fourth-order valence-electron chi connectivity index (χ4n) is 7.53. The second-order valence-corrected chi connectivity index (χ2v) is 10.6. The summed E-state index contributed by atoms with van der Waals surface area (Å²) >= 11 is 0. The molecule has 30 heavy (non-hydrogen) atoms. The number of halogens is 1. The fourth-order valence-corrected chi connectivity index (χ4v) is 7.53. The fraction of sp³-hybridized carbons (Fsp3) is 0.720. The third-order valence-electron chi connectivity index (χ3n) is 8.36. The highest BCUT2D eigenvalue weighted by molar-refractivity contribution is 5.85. The maximum atomic E-state index is 11.0. The standard InChI is InChI=1S/C25H34N2O2.ClH/c28-21(16-29-25-12-17-9-18(13-25)11-19(10-17)14-25)15-27-23-8-4-3-7-22(23)26-24(27)20-5-1-2-6-20;/h3-4,7-8,17-21,28H,1-2,5-6,9-16H2;1H. The number of aliphatic hydroxyl groups excluding tert-OH is 1. The molecule has 0 aliphatic heterocycles. The summed E-state index contributed by atoms with van der Waals surface area (Å²) in [5.74, 6) is 4.36. The number of hydrogen-bond acceptors (Lipinski definition) is 3. The minimum absolute atomic E-state index is 0. The average molecular weight is 431 g/mol. The van der Waals surface area contributed by atoms with Crippen molar-refractivity contribution in [1.29, 1.82) is 0 Å². The van der Waals surface area contributed by atoms with Gasteiger partial charge in [0, 0.05) is 5.92 Å². The molecule has 5 saturated carbocycles. The van der Waals surface area contributed by atoms with Crippen molar-refractivity contribution in [3.05, 3.63) is 30.1 Å². The van der Waals surface area contributed by atoms with Crippen LogP contribution in [0.1, 0.15) is 76.0 Å². The number of imidazole rings is 1. The van der Waals surface area contributed by atoms with E-state index in [1.165, 1.54) is 70.0 Å². The number of nitrogens with zero attached hydrogens (tertiary/aromatic N) is 2. The van der Waals surface area contributed by atoms with Crippen LogP contribution >= 0.6 is 12.4 Å². The summed E-state index contributed by atoms with van der Waals surface area (Å²) in [6, 6.07) is 8.39. The zero-order valence-corrected chi connectivity index (χ0v) is 18.7. The topological polar surface area (TPSA) is 47.3 Å². The van der Waals surface area contributed by atoms with Crippen LogP contribution in [0.4, 0.5) is 0 Å². The quantitative estimate of drug-likeness (QED) is 0.661. The number of aromatic nitrogens is 2. The minimum atomic E-state index is -0.472. The van der Waals surface area contributed by atoms with Crippen LogP contribution in [0.15, 0.2) is 24.3 Å². The Balaban J connectivity index is 0.00000193. The van der Waals surface area contributed by atoms with Crippen molar-refractivity contribution in [2.24, 2.45) is 17.8 Å². The molecule has 5 aliphatic carbocycles. The highest BCUT2D eigenvalue weighted by Gasteiger charge is 2.51. The molecule has 0 saturated heterocycles. The lowest BCUT2D eigenvalue weighted by molar-refractivity contribution is -0.175. The number of ether oxygens (including phenoxy) is 1. The van der Waals surface area contributed by atoms with Gasteiger partial charge >= 0.3 is 0 Å². The van der Waals surface area contributed by atoms with Crippen molar-refractivity contribution in [2.45, 2.75) is 88.4 Å². The molecule has 0 radical (unpaired) electrons. The van der Waals surface area contributed by atoms with Gasteiger partial charge in [0.1, 0.15) is 5.82 Å². The van der Waals surface area contributed by atoms with Gasteiger partial charge in [-0.25, -0.2) is 4.98 Å². The van der Waals surface area contributed by atoms with Crippen molar-refractivity contribution in [1.82, 2.24) is 9.55 Å². The summed E-state index contributed by atoms with van der Waals surface area (Å²) in [4.78, 5) is 4.97. The predicted molar refractivity (Wildman–Crippen MR) is 121 cm³/mol. The highest BCUT2D eigenvalue weighted by atomic mass is 35.5. The number of rotatable bonds is 6. The summed E-state index contributed by atoms with van der Waals surface area (Å²) in [6.45, 7) is 1.06. The Labute approximate surface area is 185 Å². The summed E-state index contributed by atoms with van der Waals surface area (Å²) in [5.41, 5.74) is 2.29. The number of benzene rings is 1. The zero-order valence-electron chi connectivity index (χ0n) is 17.8. The SMILES string of the molecule is Cl.OC(COC12CC3CC(CC(C3)C1)C2)Cn1c(C2CCCC2)nc2ccccc21. The Morgan fingerprint density at radius 1 is 1.03 bits per heavy atom. The average Bonchev–Trinajstić information content (AvgIpc) is 3.34. The van der Waals surface area contributed by atoms with Crippen molar-refractivity contribution >= 4 is 23.4 Å². The first-order chi connectivity index (χ1) is 14.2. The molecule has 1 unspecified atom stereocenters. The van der Waals surface area contributed by atoms with Crippen LogP contribution in [-0.2, 0) is 11.3 Å². The molecule has 0 spiro atoms. The summed E-state index contributed by atoms with van der Waals surface area (Å²) in [6.07, 6.45) is 12.5. The van der Waals surface area contributed by atoms with Crippen LogP contribution in [0.3, 0.4) is 0 Å². The van der Waals surface area contributed by atoms with Gasteiger partial charge in [-0.15, -0.1) is 12.4 Å². The Bertz CT molecular complexity index is 853. The summed E-state index contributed by atoms with van der Waals surface area (Å²) < 4.78 is 8.84. The van der Waals surface area contributed by atoms with Crippen LogP contribution in [0.25, 0.3) is 11.0 Å². The van der Waals surface area contributed by atoms with Gasteiger partial charge in [0.2, 0.25) is 0 Å². The molecule has 1 aromatic heterocycles. The van der Waals surface area contributed by atoms with E-state index in [0.717, 1.165) is 28.8 Å². The molecular formula is C25H35ClN2O2. The van der Waals surface area contributed by atoms with Crippen molar-refractivity contribution in [2.75, 3.05) is 6.61 Å². The van der Waals surface area contributed by atoms with Gasteiger partial charge in [-0.3, -0.25) is 0 Å². The number of aliphatic hydroxyl groups is 1. The molecule has 5 heteroatoms. The smallest absolute Gasteiger partial charge is 0.113 e. The minimum Gasteiger partial charge on any atom is -0.389 e. The van der Waals surface area contributed by atoms with Crippen LogP contribution in [-0.4, -0.2) is 33.0 Å². The molecule has 4 nitrogen and oxygen atoms in total. The van der Waals surface area contributed by atoms with Gasteiger partial charge in [-0.1, -0.05) is 25.0 Å². The molecule has 2 aromatic rings. The van der Waals surface area contributed by atoms with Gasteiger partial charge in [0.05, 0.1) is 35.9 Å². The Hall–Kier alpha value is -1.10. The first-order valence-electron chi connectivity index (χ1n) is 11.9. The van der Waals surface area contributed by atoms with E-state index in [2.05, 4.69) is 28.8 Å². The Morgan fingerprint density at radius 2 is 1.67 bits per heavy atom. The van der Waals surface area contributed by atoms with Crippen molar-refractivity contribution in [3.63, 3.8) is 0 Å². The van der Waals surface area contributed by atoms with E-state index in [1.54, 1.807) is 0 Å². The van der Waals surface area contributed by atoms with Gasteiger partial charge < -0.3 is 14.4 Å². The molecular weight excluding hydrogens is 396 g/mol. The zero-order chi connectivity index (χ0) is 19.4. The van der Waals surface area contributed by atoms with Crippen LogP contribution in [0, 0.1) is 17.8 Å². The molecule has 1 N–H and O–H groups in total. The molecule has 4 bridgehead atoms. The largest absolute Gasteiger partial charge is 0.389 e. The Kier molecular flexibility index (Phi) is 5.62.